The van der Waals surface area contributed by atoms with Gasteiger partial charge in [0.15, 0.2) is 5.78 Å². The minimum absolute atomic E-state index is 0.0659. The summed E-state index contributed by atoms with van der Waals surface area (Å²) in [5, 5.41) is 3.29. The van der Waals surface area contributed by atoms with E-state index in [0.717, 1.165) is 29.9 Å². The number of ketones is 1. The number of benzene rings is 1. The van der Waals surface area contributed by atoms with Gasteiger partial charge < -0.3 is 10.1 Å². The fraction of sp³-hybridized carbons (Fsp3) is 0.526. The smallest absolute Gasteiger partial charge is 0.167 e. The summed E-state index contributed by atoms with van der Waals surface area (Å²) in [6.45, 7) is 9.24. The second-order valence-electron chi connectivity index (χ2n) is 7.18. The lowest BCUT2D eigenvalue weighted by molar-refractivity contribution is -0.125. The van der Waals surface area contributed by atoms with Crippen LogP contribution in [0.15, 0.2) is 36.0 Å². The van der Waals surface area contributed by atoms with Gasteiger partial charge in [-0.05, 0) is 55.4 Å². The molecule has 0 aliphatic heterocycles. The Morgan fingerprint density at radius 1 is 1.27 bits per heavy atom. The normalized spacial score (nSPS) is 30.8. The van der Waals surface area contributed by atoms with Gasteiger partial charge >= 0.3 is 0 Å². The van der Waals surface area contributed by atoms with Crippen molar-refractivity contribution >= 4 is 11.5 Å². The monoisotopic (exact) mass is 299 g/mol. The molecule has 0 saturated heterocycles. The number of anilines is 1. The highest BCUT2D eigenvalue weighted by Gasteiger charge is 2.63. The van der Waals surface area contributed by atoms with Crippen LogP contribution in [-0.2, 0) is 4.79 Å². The van der Waals surface area contributed by atoms with Gasteiger partial charge in [-0.25, -0.2) is 0 Å². The third-order valence-corrected chi connectivity index (χ3v) is 5.92. The van der Waals surface area contributed by atoms with Crippen LogP contribution in [0.1, 0.15) is 40.5 Å². The summed E-state index contributed by atoms with van der Waals surface area (Å²) in [7, 11) is 0. The molecule has 0 spiro atoms. The lowest BCUT2D eigenvalue weighted by Crippen LogP contribution is -2.32. The number of fused-ring (bicyclic) bond motifs is 2. The van der Waals surface area contributed by atoms with Gasteiger partial charge in [0.05, 0.1) is 6.61 Å². The van der Waals surface area contributed by atoms with Gasteiger partial charge in [-0.3, -0.25) is 4.79 Å². The minimum Gasteiger partial charge on any atom is -0.494 e. The van der Waals surface area contributed by atoms with E-state index in [1.807, 2.05) is 37.4 Å². The van der Waals surface area contributed by atoms with Crippen LogP contribution >= 0.6 is 0 Å². The second kappa shape index (κ2) is 5.15. The van der Waals surface area contributed by atoms with Gasteiger partial charge in [0.1, 0.15) is 5.75 Å². The molecular formula is C19H25NO2. The molecule has 2 aliphatic rings. The number of nitrogens with one attached hydrogen (secondary N) is 1. The van der Waals surface area contributed by atoms with Crippen LogP contribution in [0.3, 0.4) is 0 Å². The Hall–Kier alpha value is -1.77. The maximum atomic E-state index is 12.7. The molecule has 0 heterocycles. The number of hydrogen-bond donors (Lipinski definition) is 1. The number of ether oxygens (including phenoxy) is 1. The SMILES string of the molecule is CCOc1ccc(NC=C2C(=O)[C@]3(C)CC[C@@H]2C3(C)C)cc1. The highest BCUT2D eigenvalue weighted by atomic mass is 16.5. The van der Waals surface area contributed by atoms with Crippen molar-refractivity contribution in [1.29, 1.82) is 0 Å². The van der Waals surface area contributed by atoms with Crippen LogP contribution in [0, 0.1) is 16.7 Å². The van der Waals surface area contributed by atoms with Gasteiger partial charge in [0, 0.05) is 22.9 Å². The summed E-state index contributed by atoms with van der Waals surface area (Å²) in [6, 6.07) is 7.84. The highest BCUT2D eigenvalue weighted by molar-refractivity contribution is 6.04. The van der Waals surface area contributed by atoms with Crippen molar-refractivity contribution in [3.05, 3.63) is 36.0 Å². The number of carbonyl (C=O) groups excluding carboxylic acids is 1. The van der Waals surface area contributed by atoms with Crippen molar-refractivity contribution in [3.63, 3.8) is 0 Å². The fourth-order valence-electron chi connectivity index (χ4n) is 4.07. The van der Waals surface area contributed by atoms with Crippen LogP contribution in [0.2, 0.25) is 0 Å². The zero-order valence-electron chi connectivity index (χ0n) is 13.9. The lowest BCUT2D eigenvalue weighted by Gasteiger charge is -2.31. The molecule has 22 heavy (non-hydrogen) atoms. The van der Waals surface area contributed by atoms with Crippen LogP contribution < -0.4 is 10.1 Å². The zero-order chi connectivity index (χ0) is 16.0. The number of hydrogen-bond acceptors (Lipinski definition) is 3. The summed E-state index contributed by atoms with van der Waals surface area (Å²) >= 11 is 0. The van der Waals surface area contributed by atoms with Gasteiger partial charge in [-0.15, -0.1) is 0 Å². The van der Waals surface area contributed by atoms with Crippen molar-refractivity contribution in [1.82, 2.24) is 0 Å². The van der Waals surface area contributed by atoms with E-state index in [9.17, 15) is 4.79 Å². The zero-order valence-corrected chi connectivity index (χ0v) is 13.9. The van der Waals surface area contributed by atoms with E-state index in [1.54, 1.807) is 0 Å². The van der Waals surface area contributed by atoms with Crippen LogP contribution in [0.4, 0.5) is 5.69 Å². The van der Waals surface area contributed by atoms with E-state index in [0.29, 0.717) is 18.3 Å². The molecule has 1 aromatic rings. The molecule has 3 heteroatoms. The highest BCUT2D eigenvalue weighted by Crippen LogP contribution is 2.65. The van der Waals surface area contributed by atoms with Gasteiger partial charge in [-0.2, -0.15) is 0 Å². The van der Waals surface area contributed by atoms with Crippen LogP contribution in [0.25, 0.3) is 0 Å². The predicted molar refractivity (Wildman–Crippen MR) is 88.9 cm³/mol. The van der Waals surface area contributed by atoms with Crippen LogP contribution in [-0.4, -0.2) is 12.4 Å². The molecule has 0 amide bonds. The topological polar surface area (TPSA) is 38.3 Å². The molecule has 1 N–H and O–H groups in total. The largest absolute Gasteiger partial charge is 0.494 e. The molecular weight excluding hydrogens is 274 g/mol. The molecule has 0 unspecified atom stereocenters. The molecule has 2 saturated carbocycles. The molecule has 2 fully saturated rings. The molecule has 3 nitrogen and oxygen atoms in total. The minimum atomic E-state index is -0.190. The summed E-state index contributed by atoms with van der Waals surface area (Å²) in [5.41, 5.74) is 1.82. The van der Waals surface area contributed by atoms with Crippen molar-refractivity contribution < 1.29 is 9.53 Å². The standard InChI is InChI=1S/C19H25NO2/c1-5-22-14-8-6-13(7-9-14)20-12-15-16-10-11-19(4,17(15)21)18(16,2)3/h6-9,12,16,20H,5,10-11H2,1-4H3/t16-,19-/m0/s1. The molecule has 3 rings (SSSR count). The van der Waals surface area contributed by atoms with E-state index in [-0.39, 0.29) is 10.8 Å². The maximum Gasteiger partial charge on any atom is 0.167 e. The summed E-state index contributed by atoms with van der Waals surface area (Å²) in [5.74, 6) is 1.57. The van der Waals surface area contributed by atoms with E-state index >= 15 is 0 Å². The predicted octanol–water partition coefficient (Wildman–Crippen LogP) is 4.41. The fourth-order valence-corrected chi connectivity index (χ4v) is 4.07. The maximum absolute atomic E-state index is 12.7. The van der Waals surface area contributed by atoms with E-state index < -0.39 is 0 Å². The van der Waals surface area contributed by atoms with Crippen molar-refractivity contribution in [2.45, 2.75) is 40.5 Å². The average Bonchev–Trinajstić information content (AvgIpc) is 2.80. The quantitative estimate of drug-likeness (QED) is 0.837. The number of allylic oxidation sites excluding steroid dienone is 1. The Kier molecular flexibility index (Phi) is 3.54. The molecule has 2 aliphatic carbocycles. The number of carbonyl (C=O) groups is 1. The number of rotatable bonds is 4. The Balaban J connectivity index is 1.78. The molecule has 2 bridgehead atoms. The van der Waals surface area contributed by atoms with Gasteiger partial charge in [0.2, 0.25) is 0 Å². The van der Waals surface area contributed by atoms with E-state index in [4.69, 9.17) is 4.74 Å². The van der Waals surface area contributed by atoms with Gasteiger partial charge in [-0.1, -0.05) is 20.8 Å². The summed E-state index contributed by atoms with van der Waals surface area (Å²) < 4.78 is 5.44. The Bertz CT molecular complexity index is 615. The summed E-state index contributed by atoms with van der Waals surface area (Å²) in [4.78, 5) is 12.7. The lowest BCUT2D eigenvalue weighted by atomic mass is 9.70. The average molecular weight is 299 g/mol. The second-order valence-corrected chi connectivity index (χ2v) is 7.18. The number of Topliss-reactive ketones (excluding diaryl/α,β-unsaturated/α-hetero) is 1. The molecule has 118 valence electrons. The molecule has 0 radical (unpaired) electrons. The van der Waals surface area contributed by atoms with Crippen molar-refractivity contribution in [3.8, 4) is 5.75 Å². The first-order valence-corrected chi connectivity index (χ1v) is 8.14. The molecule has 2 atom stereocenters. The molecule has 1 aromatic carbocycles. The Morgan fingerprint density at radius 3 is 2.50 bits per heavy atom. The Morgan fingerprint density at radius 2 is 1.95 bits per heavy atom. The van der Waals surface area contributed by atoms with Crippen LogP contribution in [0.5, 0.6) is 5.75 Å². The first-order valence-electron chi connectivity index (χ1n) is 8.14. The van der Waals surface area contributed by atoms with Crippen molar-refractivity contribution in [2.24, 2.45) is 16.7 Å². The van der Waals surface area contributed by atoms with Gasteiger partial charge in [0.25, 0.3) is 0 Å². The molecule has 0 aromatic heterocycles. The third kappa shape index (κ3) is 2.06. The van der Waals surface area contributed by atoms with E-state index in [1.165, 1.54) is 0 Å². The summed E-state index contributed by atoms with van der Waals surface area (Å²) in [6.07, 6.45) is 4.06. The third-order valence-electron chi connectivity index (χ3n) is 5.92. The first kappa shape index (κ1) is 15.1. The Labute approximate surface area is 132 Å². The first-order chi connectivity index (χ1) is 10.4. The van der Waals surface area contributed by atoms with E-state index in [2.05, 4.69) is 26.1 Å². The van der Waals surface area contributed by atoms with Crippen molar-refractivity contribution in [2.75, 3.05) is 11.9 Å².